The molecule has 1 rings (SSSR count). The van der Waals surface area contributed by atoms with E-state index in [4.69, 9.17) is 18.0 Å². The Bertz CT molecular complexity index is 420. The average Bonchev–Trinajstić information content (AvgIpc) is 2.46. The molecule has 0 aromatic heterocycles. The molecule has 1 heterocycles. The van der Waals surface area contributed by atoms with E-state index in [2.05, 4.69) is 0 Å². The molecule has 1 saturated heterocycles. The molecular formula is C11H17N3O3S. The highest BCUT2D eigenvalue weighted by Gasteiger charge is 2.41. The Morgan fingerprint density at radius 2 is 1.83 bits per heavy atom. The zero-order valence-electron chi connectivity index (χ0n) is 10.7. The Hall–Kier alpha value is -1.50. The maximum Gasteiger partial charge on any atom is 0.333 e. The number of carbonyl (C=O) groups is 3. The van der Waals surface area contributed by atoms with Crippen LogP contribution in [0.1, 0.15) is 26.7 Å². The van der Waals surface area contributed by atoms with Gasteiger partial charge in [-0.25, -0.2) is 4.79 Å². The van der Waals surface area contributed by atoms with E-state index in [1.165, 1.54) is 7.05 Å². The molecule has 1 aliphatic heterocycles. The summed E-state index contributed by atoms with van der Waals surface area (Å²) in [5, 5.41) is 0. The van der Waals surface area contributed by atoms with Crippen molar-refractivity contribution in [3.05, 3.63) is 0 Å². The fourth-order valence-electron chi connectivity index (χ4n) is 1.61. The van der Waals surface area contributed by atoms with Crippen molar-refractivity contribution in [1.29, 1.82) is 0 Å². The van der Waals surface area contributed by atoms with Crippen LogP contribution in [0.3, 0.4) is 0 Å². The van der Waals surface area contributed by atoms with Gasteiger partial charge < -0.3 is 5.73 Å². The molecule has 0 atom stereocenters. The molecule has 0 unspecified atom stereocenters. The molecule has 6 nitrogen and oxygen atoms in total. The van der Waals surface area contributed by atoms with Gasteiger partial charge in [-0.2, -0.15) is 0 Å². The number of hydrogen-bond donors (Lipinski definition) is 1. The quantitative estimate of drug-likeness (QED) is 0.447. The van der Waals surface area contributed by atoms with E-state index in [1.807, 2.05) is 13.8 Å². The van der Waals surface area contributed by atoms with E-state index in [0.29, 0.717) is 17.8 Å². The highest BCUT2D eigenvalue weighted by Crippen LogP contribution is 2.23. The van der Waals surface area contributed by atoms with Gasteiger partial charge in [0.05, 0.1) is 4.99 Å². The lowest BCUT2D eigenvalue weighted by atomic mass is 9.88. The Morgan fingerprint density at radius 3 is 2.22 bits per heavy atom. The maximum atomic E-state index is 11.6. The zero-order valence-corrected chi connectivity index (χ0v) is 11.5. The first-order chi connectivity index (χ1) is 8.18. The van der Waals surface area contributed by atoms with Crippen LogP contribution in [0.4, 0.5) is 4.79 Å². The molecule has 1 fully saturated rings. The second-order valence-electron chi connectivity index (χ2n) is 4.96. The van der Waals surface area contributed by atoms with Crippen LogP contribution in [0.5, 0.6) is 0 Å². The van der Waals surface area contributed by atoms with Crippen LogP contribution in [-0.4, -0.2) is 46.2 Å². The minimum absolute atomic E-state index is 0.208. The van der Waals surface area contributed by atoms with Crippen LogP contribution in [0.15, 0.2) is 0 Å². The standard InChI is InChI=1S/C11H17N3O3S/c1-11(2,9(12)18)5-4-6-14-8(16)7(15)13(3)10(14)17/h4-6H2,1-3H3,(H2,12,18). The molecular weight excluding hydrogens is 254 g/mol. The summed E-state index contributed by atoms with van der Waals surface area (Å²) in [5.41, 5.74) is 5.26. The fraction of sp³-hybridized carbons (Fsp3) is 0.636. The van der Waals surface area contributed by atoms with Gasteiger partial charge in [0.15, 0.2) is 0 Å². The largest absolute Gasteiger partial charge is 0.393 e. The van der Waals surface area contributed by atoms with Gasteiger partial charge in [-0.05, 0) is 12.8 Å². The van der Waals surface area contributed by atoms with Crippen molar-refractivity contribution in [2.75, 3.05) is 13.6 Å². The second-order valence-corrected chi connectivity index (χ2v) is 5.40. The summed E-state index contributed by atoms with van der Waals surface area (Å²) in [6.07, 6.45) is 1.21. The average molecular weight is 271 g/mol. The molecule has 0 aromatic carbocycles. The molecule has 7 heteroatoms. The van der Waals surface area contributed by atoms with Crippen LogP contribution in [-0.2, 0) is 9.59 Å². The van der Waals surface area contributed by atoms with Gasteiger partial charge in [-0.15, -0.1) is 0 Å². The van der Waals surface area contributed by atoms with E-state index in [9.17, 15) is 14.4 Å². The summed E-state index contributed by atoms with van der Waals surface area (Å²) < 4.78 is 0. The molecule has 0 aromatic rings. The molecule has 100 valence electrons. The molecule has 0 aliphatic carbocycles. The highest BCUT2D eigenvalue weighted by molar-refractivity contribution is 7.80. The normalized spacial score (nSPS) is 16.7. The van der Waals surface area contributed by atoms with Crippen molar-refractivity contribution in [2.45, 2.75) is 26.7 Å². The van der Waals surface area contributed by atoms with Crippen molar-refractivity contribution in [3.8, 4) is 0 Å². The summed E-state index contributed by atoms with van der Waals surface area (Å²) in [5.74, 6) is -1.55. The number of nitrogens with zero attached hydrogens (tertiary/aromatic N) is 2. The van der Waals surface area contributed by atoms with Gasteiger partial charge in [0.2, 0.25) is 0 Å². The third-order valence-electron chi connectivity index (χ3n) is 3.10. The molecule has 4 amide bonds. The second kappa shape index (κ2) is 5.01. The number of carbonyl (C=O) groups excluding carboxylic acids is 3. The number of amides is 4. The van der Waals surface area contributed by atoms with Crippen LogP contribution in [0.2, 0.25) is 0 Å². The maximum absolute atomic E-state index is 11.6. The molecule has 0 bridgehead atoms. The van der Waals surface area contributed by atoms with E-state index >= 15 is 0 Å². The van der Waals surface area contributed by atoms with E-state index in [0.717, 1.165) is 9.80 Å². The van der Waals surface area contributed by atoms with Crippen molar-refractivity contribution in [1.82, 2.24) is 9.80 Å². The summed E-state index contributed by atoms with van der Waals surface area (Å²) in [4.78, 5) is 36.5. The first kappa shape index (κ1) is 14.6. The number of nitrogens with two attached hydrogens (primary N) is 1. The first-order valence-corrected chi connectivity index (χ1v) is 6.02. The first-order valence-electron chi connectivity index (χ1n) is 5.62. The fourth-order valence-corrected chi connectivity index (χ4v) is 1.72. The smallest absolute Gasteiger partial charge is 0.333 e. The molecule has 1 aliphatic rings. The number of rotatable bonds is 5. The zero-order chi connectivity index (χ0) is 14.1. The lowest BCUT2D eigenvalue weighted by Gasteiger charge is -2.23. The Morgan fingerprint density at radius 1 is 1.28 bits per heavy atom. The van der Waals surface area contributed by atoms with E-state index < -0.39 is 17.8 Å². The molecule has 0 radical (unpaired) electrons. The molecule has 0 spiro atoms. The molecule has 2 N–H and O–H groups in total. The molecule has 18 heavy (non-hydrogen) atoms. The van der Waals surface area contributed by atoms with Gasteiger partial charge in [-0.1, -0.05) is 26.1 Å². The van der Waals surface area contributed by atoms with Crippen LogP contribution >= 0.6 is 12.2 Å². The summed E-state index contributed by atoms with van der Waals surface area (Å²) in [6, 6.07) is -0.571. The summed E-state index contributed by atoms with van der Waals surface area (Å²) in [6.45, 7) is 4.01. The third-order valence-corrected chi connectivity index (χ3v) is 3.65. The predicted octanol–water partition coefficient (Wildman–Crippen LogP) is 0.499. The van der Waals surface area contributed by atoms with E-state index in [1.54, 1.807) is 0 Å². The minimum atomic E-state index is -0.784. The van der Waals surface area contributed by atoms with Gasteiger partial charge in [0, 0.05) is 19.0 Å². The predicted molar refractivity (Wildman–Crippen MR) is 69.7 cm³/mol. The van der Waals surface area contributed by atoms with Gasteiger partial charge in [0.25, 0.3) is 0 Å². The van der Waals surface area contributed by atoms with Gasteiger partial charge >= 0.3 is 17.8 Å². The number of likely N-dealkylation sites (N-methyl/N-ethyl adjacent to an activating group) is 1. The number of imide groups is 2. The summed E-state index contributed by atoms with van der Waals surface area (Å²) in [7, 11) is 1.29. The van der Waals surface area contributed by atoms with Gasteiger partial charge in [-0.3, -0.25) is 19.4 Å². The van der Waals surface area contributed by atoms with Gasteiger partial charge in [0.1, 0.15) is 0 Å². The lowest BCUT2D eigenvalue weighted by Crippen LogP contribution is -2.34. The van der Waals surface area contributed by atoms with Crippen molar-refractivity contribution < 1.29 is 14.4 Å². The topological polar surface area (TPSA) is 83.7 Å². The number of urea groups is 1. The molecule has 0 saturated carbocycles. The van der Waals surface area contributed by atoms with Crippen molar-refractivity contribution >= 4 is 35.1 Å². The Labute approximate surface area is 111 Å². The number of thiocarbonyl (C=S) groups is 1. The van der Waals surface area contributed by atoms with Crippen molar-refractivity contribution in [3.63, 3.8) is 0 Å². The minimum Gasteiger partial charge on any atom is -0.393 e. The Kier molecular flexibility index (Phi) is 4.05. The Balaban J connectivity index is 2.56. The monoisotopic (exact) mass is 271 g/mol. The van der Waals surface area contributed by atoms with Crippen molar-refractivity contribution in [2.24, 2.45) is 11.1 Å². The van der Waals surface area contributed by atoms with Crippen LogP contribution in [0, 0.1) is 5.41 Å². The van der Waals surface area contributed by atoms with Crippen LogP contribution in [0.25, 0.3) is 0 Å². The summed E-state index contributed by atoms with van der Waals surface area (Å²) >= 11 is 4.93. The van der Waals surface area contributed by atoms with Crippen LogP contribution < -0.4 is 5.73 Å². The SMILES string of the molecule is CN1C(=O)C(=O)N(CCCC(C)(C)C(N)=S)C1=O. The lowest BCUT2D eigenvalue weighted by molar-refractivity contribution is -0.142. The number of hydrogen-bond acceptors (Lipinski definition) is 4. The van der Waals surface area contributed by atoms with E-state index in [-0.39, 0.29) is 12.0 Å². The highest BCUT2D eigenvalue weighted by atomic mass is 32.1. The third kappa shape index (κ3) is 2.66.